The van der Waals surface area contributed by atoms with Crippen molar-refractivity contribution >= 4 is 57.7 Å². The summed E-state index contributed by atoms with van der Waals surface area (Å²) < 4.78 is 11.0. The number of anilines is 1. The molecule has 4 rings (SSSR count). The molecule has 0 bridgehead atoms. The lowest BCUT2D eigenvalue weighted by Crippen LogP contribution is -2.41. The third-order valence-electron chi connectivity index (χ3n) is 4.90. The highest BCUT2D eigenvalue weighted by atomic mass is 35.5. The van der Waals surface area contributed by atoms with E-state index in [0.717, 1.165) is 16.9 Å². The number of nitriles is 1. The summed E-state index contributed by atoms with van der Waals surface area (Å²) in [5.41, 5.74) is 0.947. The van der Waals surface area contributed by atoms with Gasteiger partial charge in [-0.1, -0.05) is 46.8 Å². The summed E-state index contributed by atoms with van der Waals surface area (Å²) >= 11 is 8.48. The van der Waals surface area contributed by atoms with E-state index < -0.39 is 5.91 Å². The maximum Gasteiger partial charge on any atom is 0.268 e. The molecule has 0 saturated carbocycles. The van der Waals surface area contributed by atoms with Crippen LogP contribution in [0.15, 0.2) is 51.5 Å². The number of thioether (sulfide) groups is 1. The Morgan fingerprint density at radius 1 is 1.20 bits per heavy atom. The van der Waals surface area contributed by atoms with Gasteiger partial charge in [0.2, 0.25) is 11.0 Å². The molecule has 0 unspecified atom stereocenters. The Morgan fingerprint density at radius 2 is 1.97 bits per heavy atom. The number of aromatic nitrogens is 2. The summed E-state index contributed by atoms with van der Waals surface area (Å²) in [4.78, 5) is 26.6. The number of hydrogen-bond acceptors (Lipinski definition) is 9. The predicted octanol–water partition coefficient (Wildman–Crippen LogP) is 4.02. The van der Waals surface area contributed by atoms with Crippen molar-refractivity contribution in [2.24, 2.45) is 0 Å². The number of ether oxygens (including phenoxy) is 1. The fraction of sp³-hybridized carbons (Fsp3) is 0.261. The summed E-state index contributed by atoms with van der Waals surface area (Å²) in [6, 6.07) is 12.9. The summed E-state index contributed by atoms with van der Waals surface area (Å²) in [6.45, 7) is 2.13. The number of halogens is 1. The van der Waals surface area contributed by atoms with Crippen LogP contribution in [0.2, 0.25) is 5.02 Å². The minimum Gasteiger partial charge on any atom is -0.450 e. The zero-order valence-corrected chi connectivity index (χ0v) is 20.8. The van der Waals surface area contributed by atoms with Crippen molar-refractivity contribution in [1.82, 2.24) is 15.1 Å². The Morgan fingerprint density at radius 3 is 2.71 bits per heavy atom. The number of nitrogens with zero attached hydrogens (tertiary/aromatic N) is 4. The van der Waals surface area contributed by atoms with E-state index in [9.17, 15) is 14.9 Å². The quantitative estimate of drug-likeness (QED) is 0.264. The van der Waals surface area contributed by atoms with Crippen molar-refractivity contribution in [3.63, 3.8) is 0 Å². The highest BCUT2D eigenvalue weighted by Gasteiger charge is 2.20. The number of morpholine rings is 1. The first-order chi connectivity index (χ1) is 17.0. The molecule has 1 aliphatic heterocycles. The van der Waals surface area contributed by atoms with Gasteiger partial charge >= 0.3 is 0 Å². The molecule has 12 heteroatoms. The van der Waals surface area contributed by atoms with Crippen molar-refractivity contribution in [2.45, 2.75) is 17.3 Å². The number of hydrogen-bond donors (Lipinski definition) is 1. The van der Waals surface area contributed by atoms with E-state index in [4.69, 9.17) is 20.8 Å². The van der Waals surface area contributed by atoms with Gasteiger partial charge in [-0.25, -0.2) is 0 Å². The van der Waals surface area contributed by atoms with Crippen molar-refractivity contribution in [3.8, 4) is 6.07 Å². The molecule has 0 atom stereocenters. The highest BCUT2D eigenvalue weighted by molar-refractivity contribution is 7.98. The summed E-state index contributed by atoms with van der Waals surface area (Å²) in [5, 5.41) is 21.9. The fourth-order valence-corrected chi connectivity index (χ4v) is 4.78. The van der Waals surface area contributed by atoms with Crippen molar-refractivity contribution < 1.29 is 18.7 Å². The van der Waals surface area contributed by atoms with Crippen LogP contribution in [0.4, 0.5) is 5.13 Å². The van der Waals surface area contributed by atoms with E-state index in [1.807, 2.05) is 30.3 Å². The zero-order chi connectivity index (χ0) is 24.6. The Hall–Kier alpha value is -3.17. The number of carbonyl (C=O) groups excluding carboxylic acids is 2. The first-order valence-corrected chi connectivity index (χ1v) is 12.8. The number of nitrogens with one attached hydrogen (secondary N) is 1. The predicted molar refractivity (Wildman–Crippen MR) is 133 cm³/mol. The van der Waals surface area contributed by atoms with Crippen LogP contribution in [-0.4, -0.2) is 53.2 Å². The van der Waals surface area contributed by atoms with Crippen molar-refractivity contribution in [3.05, 3.63) is 63.3 Å². The van der Waals surface area contributed by atoms with Gasteiger partial charge in [0.25, 0.3) is 5.91 Å². The van der Waals surface area contributed by atoms with E-state index in [1.54, 1.807) is 17.0 Å². The molecular formula is C23H20ClN5O4S2. The van der Waals surface area contributed by atoms with Crippen LogP contribution in [0.1, 0.15) is 16.3 Å². The zero-order valence-electron chi connectivity index (χ0n) is 18.4. The van der Waals surface area contributed by atoms with Crippen LogP contribution in [0.25, 0.3) is 6.08 Å². The number of benzene rings is 1. The molecule has 0 spiro atoms. The number of furan rings is 1. The lowest BCUT2D eigenvalue weighted by atomic mass is 10.2. The Labute approximate surface area is 214 Å². The van der Waals surface area contributed by atoms with Gasteiger partial charge in [-0.2, -0.15) is 5.26 Å². The van der Waals surface area contributed by atoms with Gasteiger partial charge in [0.05, 0.1) is 19.6 Å². The monoisotopic (exact) mass is 529 g/mol. The molecule has 35 heavy (non-hydrogen) atoms. The van der Waals surface area contributed by atoms with Gasteiger partial charge in [-0.3, -0.25) is 14.9 Å². The summed E-state index contributed by atoms with van der Waals surface area (Å²) in [7, 11) is 0. The van der Waals surface area contributed by atoms with Crippen molar-refractivity contribution in [1.29, 1.82) is 5.26 Å². The lowest BCUT2D eigenvalue weighted by molar-refractivity contribution is -0.134. The molecule has 1 fully saturated rings. The molecule has 1 saturated heterocycles. The molecule has 0 radical (unpaired) electrons. The molecule has 0 aliphatic carbocycles. The fourth-order valence-electron chi connectivity index (χ4n) is 3.11. The molecule has 1 aromatic carbocycles. The molecular weight excluding hydrogens is 510 g/mol. The van der Waals surface area contributed by atoms with E-state index in [0.29, 0.717) is 52.9 Å². The van der Waals surface area contributed by atoms with Crippen LogP contribution in [0, 0.1) is 11.3 Å². The average Bonchev–Trinajstić information content (AvgIpc) is 3.51. The molecule has 3 heterocycles. The standard InChI is InChI=1S/C23H20ClN5O4S2/c24-17-3-1-15(2-4-17)14-34-21-6-5-18(33-21)11-16(13-25)22(31)26-23-28-27-19(35-23)12-20(30)29-7-9-32-10-8-29/h1-6,11H,7-10,12,14H2,(H,26,28,31). The van der Waals surface area contributed by atoms with Gasteiger partial charge in [-0.05, 0) is 29.8 Å². The molecule has 1 N–H and O–H groups in total. The molecule has 2 amide bonds. The maximum absolute atomic E-state index is 12.6. The second-order valence-electron chi connectivity index (χ2n) is 7.37. The third kappa shape index (κ3) is 7.16. The highest BCUT2D eigenvalue weighted by Crippen LogP contribution is 2.26. The van der Waals surface area contributed by atoms with E-state index in [2.05, 4.69) is 15.5 Å². The van der Waals surface area contributed by atoms with E-state index in [1.165, 1.54) is 17.8 Å². The van der Waals surface area contributed by atoms with Gasteiger partial charge in [-0.15, -0.1) is 10.2 Å². The summed E-state index contributed by atoms with van der Waals surface area (Å²) in [5.74, 6) is 0.362. The largest absolute Gasteiger partial charge is 0.450 e. The van der Waals surface area contributed by atoms with E-state index in [-0.39, 0.29) is 23.0 Å². The van der Waals surface area contributed by atoms with Gasteiger partial charge in [0, 0.05) is 29.9 Å². The van der Waals surface area contributed by atoms with Crippen LogP contribution in [0.3, 0.4) is 0 Å². The second-order valence-corrected chi connectivity index (χ2v) is 9.84. The first-order valence-electron chi connectivity index (χ1n) is 10.6. The van der Waals surface area contributed by atoms with Crippen LogP contribution in [-0.2, 0) is 26.5 Å². The normalized spacial score (nSPS) is 13.9. The first kappa shape index (κ1) is 24.9. The number of rotatable bonds is 8. The minimum absolute atomic E-state index is 0.0671. The Balaban J connectivity index is 1.32. The van der Waals surface area contributed by atoms with Crippen molar-refractivity contribution in [2.75, 3.05) is 31.6 Å². The Bertz CT molecular complexity index is 1260. The topological polar surface area (TPSA) is 121 Å². The van der Waals surface area contributed by atoms with Gasteiger partial charge < -0.3 is 14.1 Å². The SMILES string of the molecule is N#CC(=Cc1ccc(SCc2ccc(Cl)cc2)o1)C(=O)Nc1nnc(CC(=O)N2CCOCC2)s1. The second kappa shape index (κ2) is 12.0. The molecule has 3 aromatic rings. The van der Waals surface area contributed by atoms with Crippen LogP contribution < -0.4 is 5.32 Å². The number of amides is 2. The van der Waals surface area contributed by atoms with E-state index >= 15 is 0 Å². The minimum atomic E-state index is -0.638. The molecule has 1 aliphatic rings. The lowest BCUT2D eigenvalue weighted by Gasteiger charge is -2.26. The van der Waals surface area contributed by atoms with Crippen LogP contribution in [0.5, 0.6) is 0 Å². The maximum atomic E-state index is 12.6. The average molecular weight is 530 g/mol. The van der Waals surface area contributed by atoms with Gasteiger partial charge in [0.15, 0.2) is 5.09 Å². The molecule has 2 aromatic heterocycles. The smallest absolute Gasteiger partial charge is 0.268 e. The third-order valence-corrected chi connectivity index (χ3v) is 6.97. The Kier molecular flexibility index (Phi) is 8.54. The van der Waals surface area contributed by atoms with Crippen LogP contribution >= 0.6 is 34.7 Å². The molecule has 180 valence electrons. The van der Waals surface area contributed by atoms with Gasteiger partial charge in [0.1, 0.15) is 22.4 Å². The molecule has 9 nitrogen and oxygen atoms in total. The summed E-state index contributed by atoms with van der Waals surface area (Å²) in [6.07, 6.45) is 1.46. The number of carbonyl (C=O) groups is 2.